The van der Waals surface area contributed by atoms with E-state index in [1.165, 1.54) is 22.2 Å². The van der Waals surface area contributed by atoms with Crippen LogP contribution in [-0.4, -0.2) is 52.8 Å². The Balaban J connectivity index is 1.28. The molecule has 3 aromatic rings. The Morgan fingerprint density at radius 2 is 2.11 bits per heavy atom. The largest absolute Gasteiger partial charge is 0.454 e. The number of hydrogen-bond donors (Lipinski definition) is 2. The molecule has 1 atom stereocenters. The van der Waals surface area contributed by atoms with Gasteiger partial charge >= 0.3 is 0 Å². The third kappa shape index (κ3) is 4.92. The van der Waals surface area contributed by atoms with E-state index in [9.17, 15) is 14.4 Å². The molecule has 1 saturated heterocycles. The number of rotatable bonds is 7. The lowest BCUT2D eigenvalue weighted by Gasteiger charge is -2.31. The Morgan fingerprint density at radius 1 is 1.26 bits per heavy atom. The quantitative estimate of drug-likeness (QED) is 0.506. The number of amides is 2. The summed E-state index contributed by atoms with van der Waals surface area (Å²) in [6, 6.07) is 5.10. The van der Waals surface area contributed by atoms with Gasteiger partial charge in [-0.25, -0.2) is 4.98 Å². The molecule has 2 amide bonds. The number of piperidine rings is 1. The van der Waals surface area contributed by atoms with Gasteiger partial charge in [-0.3, -0.25) is 19.0 Å². The molecule has 2 aromatic heterocycles. The highest BCUT2D eigenvalue weighted by atomic mass is 32.1. The summed E-state index contributed by atoms with van der Waals surface area (Å²) < 4.78 is 12.3. The van der Waals surface area contributed by atoms with Crippen LogP contribution in [-0.2, 0) is 16.1 Å². The van der Waals surface area contributed by atoms with Crippen LogP contribution in [0, 0.1) is 5.92 Å². The van der Waals surface area contributed by atoms with Gasteiger partial charge in [0.15, 0.2) is 22.3 Å². The van der Waals surface area contributed by atoms with Crippen LogP contribution >= 0.6 is 11.3 Å². The zero-order chi connectivity index (χ0) is 24.4. The Morgan fingerprint density at radius 3 is 2.97 bits per heavy atom. The molecule has 35 heavy (non-hydrogen) atoms. The number of ether oxygens (including phenoxy) is 2. The van der Waals surface area contributed by atoms with Crippen molar-refractivity contribution >= 4 is 44.3 Å². The molecule has 0 unspecified atom stereocenters. The third-order valence-corrected chi connectivity index (χ3v) is 7.05. The average molecular weight is 499 g/mol. The standard InChI is InChI=1S/C23H26N6O5S/c1-2-7-24-21(31)14-4-3-8-28(10-14)23-27-20-19(35-23)22(32)29(12-25-20)11-18(30)26-15-5-6-16-17(9-15)34-13-33-16/h5-6,9,12,14H,2-4,7-8,10-11,13H2,1H3,(H,24,31)(H,26,30)/t14-/m0/s1. The van der Waals surface area contributed by atoms with Gasteiger partial charge in [-0.05, 0) is 31.4 Å². The van der Waals surface area contributed by atoms with Gasteiger partial charge in [-0.2, -0.15) is 4.98 Å². The maximum Gasteiger partial charge on any atom is 0.273 e. The van der Waals surface area contributed by atoms with E-state index in [1.54, 1.807) is 18.2 Å². The lowest BCUT2D eigenvalue weighted by molar-refractivity contribution is -0.125. The second kappa shape index (κ2) is 9.90. The Bertz CT molecular complexity index is 1320. The predicted molar refractivity (Wildman–Crippen MR) is 131 cm³/mol. The summed E-state index contributed by atoms with van der Waals surface area (Å²) in [4.78, 5) is 48.9. The predicted octanol–water partition coefficient (Wildman–Crippen LogP) is 1.96. The second-order valence-corrected chi connectivity index (χ2v) is 9.50. The molecule has 184 valence electrons. The number of thiazole rings is 1. The molecule has 0 bridgehead atoms. The van der Waals surface area contributed by atoms with E-state index in [4.69, 9.17) is 9.47 Å². The Labute approximate surface area is 205 Å². The lowest BCUT2D eigenvalue weighted by Crippen LogP contribution is -2.43. The first-order valence-electron chi connectivity index (χ1n) is 11.6. The van der Waals surface area contributed by atoms with Crippen LogP contribution in [0.5, 0.6) is 11.5 Å². The highest BCUT2D eigenvalue weighted by Gasteiger charge is 2.28. The molecular weight excluding hydrogens is 472 g/mol. The van der Waals surface area contributed by atoms with Crippen LogP contribution in [0.15, 0.2) is 29.3 Å². The van der Waals surface area contributed by atoms with Gasteiger partial charge in [-0.15, -0.1) is 0 Å². The Kier molecular flexibility index (Phi) is 6.53. The number of nitrogens with zero attached hydrogens (tertiary/aromatic N) is 4. The molecule has 0 spiro atoms. The average Bonchev–Trinajstić information content (AvgIpc) is 3.51. The number of benzene rings is 1. The van der Waals surface area contributed by atoms with Gasteiger partial charge in [0.05, 0.1) is 5.92 Å². The molecular formula is C23H26N6O5S. The minimum absolute atomic E-state index is 0.0617. The van der Waals surface area contributed by atoms with E-state index in [2.05, 4.69) is 20.6 Å². The first-order valence-corrected chi connectivity index (χ1v) is 12.4. The van der Waals surface area contributed by atoms with Crippen molar-refractivity contribution in [1.82, 2.24) is 19.9 Å². The van der Waals surface area contributed by atoms with Crippen LogP contribution < -0.4 is 30.6 Å². The summed E-state index contributed by atoms with van der Waals surface area (Å²) >= 11 is 1.25. The number of carbonyl (C=O) groups excluding carboxylic acids is 2. The molecule has 11 nitrogen and oxygen atoms in total. The summed E-state index contributed by atoms with van der Waals surface area (Å²) in [6.45, 7) is 3.98. The fourth-order valence-corrected chi connectivity index (χ4v) is 5.17. The van der Waals surface area contributed by atoms with Crippen molar-refractivity contribution in [3.8, 4) is 11.5 Å². The number of carbonyl (C=O) groups is 2. The van der Waals surface area contributed by atoms with Crippen LogP contribution in [0.4, 0.5) is 10.8 Å². The molecule has 4 heterocycles. The molecule has 0 aliphatic carbocycles. The minimum Gasteiger partial charge on any atom is -0.454 e. The third-order valence-electron chi connectivity index (χ3n) is 5.95. The molecule has 0 radical (unpaired) electrons. The second-order valence-electron chi connectivity index (χ2n) is 8.52. The smallest absolute Gasteiger partial charge is 0.273 e. The summed E-state index contributed by atoms with van der Waals surface area (Å²) in [7, 11) is 0. The maximum atomic E-state index is 13.1. The van der Waals surface area contributed by atoms with Crippen molar-refractivity contribution in [2.24, 2.45) is 5.92 Å². The fraction of sp³-hybridized carbons (Fsp3) is 0.435. The van der Waals surface area contributed by atoms with Crippen LogP contribution in [0.1, 0.15) is 26.2 Å². The number of hydrogen-bond acceptors (Lipinski definition) is 9. The van der Waals surface area contributed by atoms with E-state index in [0.717, 1.165) is 25.8 Å². The van der Waals surface area contributed by atoms with Crippen molar-refractivity contribution in [1.29, 1.82) is 0 Å². The van der Waals surface area contributed by atoms with Gasteiger partial charge < -0.3 is 25.0 Å². The molecule has 5 rings (SSSR count). The van der Waals surface area contributed by atoms with Crippen LogP contribution in [0.2, 0.25) is 0 Å². The van der Waals surface area contributed by atoms with Crippen molar-refractivity contribution in [2.75, 3.05) is 36.6 Å². The topological polar surface area (TPSA) is 128 Å². The van der Waals surface area contributed by atoms with Crippen molar-refractivity contribution in [3.05, 3.63) is 34.9 Å². The van der Waals surface area contributed by atoms with Crippen LogP contribution in [0.25, 0.3) is 10.3 Å². The molecule has 2 aliphatic rings. The fourth-order valence-electron chi connectivity index (χ4n) is 4.17. The number of nitrogens with one attached hydrogen (secondary N) is 2. The highest BCUT2D eigenvalue weighted by molar-refractivity contribution is 7.22. The monoisotopic (exact) mass is 498 g/mol. The van der Waals surface area contributed by atoms with E-state index < -0.39 is 0 Å². The van der Waals surface area contributed by atoms with E-state index in [1.807, 2.05) is 11.8 Å². The van der Waals surface area contributed by atoms with Gasteiger partial charge in [0.25, 0.3) is 5.56 Å². The molecule has 1 aromatic carbocycles. The Hall–Kier alpha value is -3.67. The van der Waals surface area contributed by atoms with Crippen molar-refractivity contribution in [2.45, 2.75) is 32.7 Å². The zero-order valence-corrected chi connectivity index (χ0v) is 20.1. The molecule has 2 N–H and O–H groups in total. The van der Waals surface area contributed by atoms with E-state index in [0.29, 0.717) is 45.8 Å². The van der Waals surface area contributed by atoms with Crippen molar-refractivity contribution < 1.29 is 19.1 Å². The normalized spacial score (nSPS) is 16.9. The highest BCUT2D eigenvalue weighted by Crippen LogP contribution is 2.34. The first-order chi connectivity index (χ1) is 17.0. The zero-order valence-electron chi connectivity index (χ0n) is 19.3. The SMILES string of the molecule is CCCNC(=O)[C@H]1CCCN(c2nc3ncn(CC(=O)Nc4ccc5c(c4)OCO5)c(=O)c3s2)C1. The number of anilines is 2. The summed E-state index contributed by atoms with van der Waals surface area (Å²) in [5.74, 6) is 0.770. The minimum atomic E-state index is -0.367. The molecule has 1 fully saturated rings. The van der Waals surface area contributed by atoms with Crippen molar-refractivity contribution in [3.63, 3.8) is 0 Å². The summed E-state index contributed by atoms with van der Waals surface area (Å²) in [6.07, 6.45) is 3.94. The number of fused-ring (bicyclic) bond motifs is 2. The lowest BCUT2D eigenvalue weighted by atomic mass is 9.97. The first kappa shape index (κ1) is 23.1. The summed E-state index contributed by atoms with van der Waals surface area (Å²) in [5.41, 5.74) is 0.567. The number of aromatic nitrogens is 3. The maximum absolute atomic E-state index is 13.1. The summed E-state index contributed by atoms with van der Waals surface area (Å²) in [5, 5.41) is 6.39. The van der Waals surface area contributed by atoms with E-state index in [-0.39, 0.29) is 36.6 Å². The van der Waals surface area contributed by atoms with Crippen LogP contribution in [0.3, 0.4) is 0 Å². The molecule has 12 heteroatoms. The van der Waals surface area contributed by atoms with Gasteiger partial charge in [-0.1, -0.05) is 18.3 Å². The van der Waals surface area contributed by atoms with Gasteiger partial charge in [0.2, 0.25) is 18.6 Å². The van der Waals surface area contributed by atoms with E-state index >= 15 is 0 Å². The van der Waals surface area contributed by atoms with Gasteiger partial charge in [0.1, 0.15) is 17.6 Å². The molecule has 0 saturated carbocycles. The molecule has 2 aliphatic heterocycles. The van der Waals surface area contributed by atoms with Gasteiger partial charge in [0, 0.05) is 31.4 Å².